The van der Waals surface area contributed by atoms with Crippen molar-refractivity contribution in [1.29, 1.82) is 0 Å². The van der Waals surface area contributed by atoms with Crippen LogP contribution >= 0.6 is 27.5 Å². The number of nitrogens with one attached hydrogen (secondary N) is 1. The van der Waals surface area contributed by atoms with E-state index in [1.165, 1.54) is 0 Å². The number of anilines is 2. The molecule has 0 bridgehead atoms. The Labute approximate surface area is 124 Å². The number of benzene rings is 2. The third kappa shape index (κ3) is 3.28. The van der Waals surface area contributed by atoms with Gasteiger partial charge in [0.2, 0.25) is 0 Å². The number of hydrogen-bond acceptors (Lipinski definition) is 2. The van der Waals surface area contributed by atoms with Gasteiger partial charge in [-0.05, 0) is 42.8 Å². The number of amides is 1. The lowest BCUT2D eigenvalue weighted by Gasteiger charge is -2.09. The molecular weight excluding hydrogens is 328 g/mol. The smallest absolute Gasteiger partial charge is 0.257 e. The molecule has 98 valence electrons. The highest BCUT2D eigenvalue weighted by atomic mass is 79.9. The molecule has 0 unspecified atom stereocenters. The van der Waals surface area contributed by atoms with Crippen molar-refractivity contribution < 1.29 is 4.79 Å². The molecule has 0 saturated heterocycles. The minimum Gasteiger partial charge on any atom is -0.398 e. The summed E-state index contributed by atoms with van der Waals surface area (Å²) in [6.45, 7) is 1.90. The Morgan fingerprint density at radius 1 is 1.26 bits per heavy atom. The third-order valence-corrected chi connectivity index (χ3v) is 3.59. The van der Waals surface area contributed by atoms with E-state index in [9.17, 15) is 4.79 Å². The van der Waals surface area contributed by atoms with Crippen LogP contribution in [0.25, 0.3) is 0 Å². The number of hydrogen-bond donors (Lipinski definition) is 2. The van der Waals surface area contributed by atoms with E-state index in [1.54, 1.807) is 30.3 Å². The molecule has 0 aromatic heterocycles. The van der Waals surface area contributed by atoms with Crippen LogP contribution in [0.3, 0.4) is 0 Å². The lowest BCUT2D eigenvalue weighted by atomic mass is 10.1. The van der Waals surface area contributed by atoms with Gasteiger partial charge in [-0.2, -0.15) is 0 Å². The molecule has 5 heteroatoms. The van der Waals surface area contributed by atoms with Crippen molar-refractivity contribution in [2.45, 2.75) is 6.92 Å². The summed E-state index contributed by atoms with van der Waals surface area (Å²) in [6.07, 6.45) is 0. The molecule has 0 aliphatic rings. The minimum absolute atomic E-state index is 0.265. The molecule has 2 aromatic carbocycles. The summed E-state index contributed by atoms with van der Waals surface area (Å²) < 4.78 is 0.800. The molecular formula is C14H12BrClN2O. The number of aryl methyl sites for hydroxylation is 1. The highest BCUT2D eigenvalue weighted by Crippen LogP contribution is 2.23. The first-order valence-electron chi connectivity index (χ1n) is 5.60. The summed E-state index contributed by atoms with van der Waals surface area (Å²) in [7, 11) is 0. The van der Waals surface area contributed by atoms with Crippen molar-refractivity contribution in [3.05, 3.63) is 57.0 Å². The molecule has 0 spiro atoms. The fraction of sp³-hybridized carbons (Fsp3) is 0.0714. The Balaban J connectivity index is 2.25. The van der Waals surface area contributed by atoms with E-state index in [0.717, 1.165) is 10.0 Å². The topological polar surface area (TPSA) is 55.1 Å². The third-order valence-electron chi connectivity index (χ3n) is 2.69. The van der Waals surface area contributed by atoms with Crippen molar-refractivity contribution in [3.63, 3.8) is 0 Å². The molecule has 3 nitrogen and oxygen atoms in total. The van der Waals surface area contributed by atoms with Gasteiger partial charge < -0.3 is 11.1 Å². The number of rotatable bonds is 2. The van der Waals surface area contributed by atoms with Crippen molar-refractivity contribution in [2.75, 3.05) is 11.1 Å². The molecule has 0 aliphatic heterocycles. The maximum Gasteiger partial charge on any atom is 0.257 e. The van der Waals surface area contributed by atoms with E-state index in [0.29, 0.717) is 22.0 Å². The van der Waals surface area contributed by atoms with Crippen LogP contribution in [0.4, 0.5) is 11.4 Å². The highest BCUT2D eigenvalue weighted by Gasteiger charge is 2.11. The quantitative estimate of drug-likeness (QED) is 0.804. The zero-order valence-electron chi connectivity index (χ0n) is 10.2. The van der Waals surface area contributed by atoms with Crippen LogP contribution in [0.15, 0.2) is 40.9 Å². The molecule has 0 radical (unpaired) electrons. The molecule has 19 heavy (non-hydrogen) atoms. The van der Waals surface area contributed by atoms with Crippen molar-refractivity contribution >= 4 is 44.8 Å². The van der Waals surface area contributed by atoms with Crippen molar-refractivity contribution in [3.8, 4) is 0 Å². The monoisotopic (exact) mass is 338 g/mol. The second-order valence-corrected chi connectivity index (χ2v) is 5.47. The first kappa shape index (κ1) is 13.9. The molecule has 2 aromatic rings. The van der Waals surface area contributed by atoms with Gasteiger partial charge in [-0.3, -0.25) is 4.79 Å². The van der Waals surface area contributed by atoms with Gasteiger partial charge in [0.1, 0.15) is 0 Å². The lowest BCUT2D eigenvalue weighted by Crippen LogP contribution is -2.14. The fourth-order valence-corrected chi connectivity index (χ4v) is 2.14. The van der Waals surface area contributed by atoms with Gasteiger partial charge in [0.25, 0.3) is 5.91 Å². The number of carbonyl (C=O) groups is 1. The normalized spacial score (nSPS) is 10.3. The summed E-state index contributed by atoms with van der Waals surface area (Å²) in [5.74, 6) is -0.265. The van der Waals surface area contributed by atoms with Gasteiger partial charge in [0, 0.05) is 20.9 Å². The Kier molecular flexibility index (Phi) is 4.12. The number of nitrogens with two attached hydrogens (primary N) is 1. The average molecular weight is 340 g/mol. The van der Waals surface area contributed by atoms with Crippen LogP contribution < -0.4 is 11.1 Å². The zero-order valence-corrected chi connectivity index (χ0v) is 12.5. The van der Waals surface area contributed by atoms with E-state index in [1.807, 2.05) is 13.0 Å². The van der Waals surface area contributed by atoms with E-state index >= 15 is 0 Å². The lowest BCUT2D eigenvalue weighted by molar-refractivity contribution is 0.102. The van der Waals surface area contributed by atoms with Crippen LogP contribution in [0, 0.1) is 6.92 Å². The second-order valence-electron chi connectivity index (χ2n) is 4.15. The summed E-state index contributed by atoms with van der Waals surface area (Å²) in [6, 6.07) is 10.5. The van der Waals surface area contributed by atoms with Crippen LogP contribution in [0.5, 0.6) is 0 Å². The Bertz CT molecular complexity index is 643. The summed E-state index contributed by atoms with van der Waals surface area (Å²) in [5, 5.41) is 3.38. The van der Waals surface area contributed by atoms with E-state index in [4.69, 9.17) is 17.3 Å². The molecule has 0 aliphatic carbocycles. The number of halogens is 2. The Morgan fingerprint density at radius 2 is 2.00 bits per heavy atom. The molecule has 0 saturated carbocycles. The number of carbonyl (C=O) groups excluding carboxylic acids is 1. The van der Waals surface area contributed by atoms with Crippen LogP contribution in [-0.2, 0) is 0 Å². The summed E-state index contributed by atoms with van der Waals surface area (Å²) in [4.78, 5) is 12.1. The Hall–Kier alpha value is -1.52. The highest BCUT2D eigenvalue weighted by molar-refractivity contribution is 9.10. The summed E-state index contributed by atoms with van der Waals surface area (Å²) >= 11 is 9.33. The van der Waals surface area contributed by atoms with Gasteiger partial charge >= 0.3 is 0 Å². The largest absolute Gasteiger partial charge is 0.398 e. The van der Waals surface area contributed by atoms with E-state index < -0.39 is 0 Å². The van der Waals surface area contributed by atoms with Crippen LogP contribution in [0.2, 0.25) is 5.02 Å². The van der Waals surface area contributed by atoms with Crippen molar-refractivity contribution in [2.24, 2.45) is 0 Å². The second kappa shape index (κ2) is 5.63. The predicted octanol–water partition coefficient (Wildman–Crippen LogP) is 4.25. The molecule has 0 atom stereocenters. The van der Waals surface area contributed by atoms with Gasteiger partial charge in [-0.15, -0.1) is 0 Å². The molecule has 1 amide bonds. The van der Waals surface area contributed by atoms with Crippen LogP contribution in [-0.4, -0.2) is 5.91 Å². The predicted molar refractivity (Wildman–Crippen MR) is 82.7 cm³/mol. The summed E-state index contributed by atoms with van der Waals surface area (Å²) in [5.41, 5.74) is 8.24. The molecule has 3 N–H and O–H groups in total. The molecule has 0 fully saturated rings. The molecule has 2 rings (SSSR count). The van der Waals surface area contributed by atoms with Gasteiger partial charge in [-0.1, -0.05) is 33.6 Å². The van der Waals surface area contributed by atoms with Gasteiger partial charge in [0.15, 0.2) is 0 Å². The average Bonchev–Trinajstić information content (AvgIpc) is 2.36. The van der Waals surface area contributed by atoms with E-state index in [2.05, 4.69) is 21.2 Å². The fourth-order valence-electron chi connectivity index (χ4n) is 1.59. The first-order valence-corrected chi connectivity index (χ1v) is 6.77. The first-order chi connectivity index (χ1) is 8.97. The zero-order chi connectivity index (χ0) is 14.0. The SMILES string of the molecule is Cc1ccc(NC(=O)c2cc(Br)ccc2N)cc1Cl. The molecule has 0 heterocycles. The van der Waals surface area contributed by atoms with Crippen molar-refractivity contribution in [1.82, 2.24) is 0 Å². The van der Waals surface area contributed by atoms with Crippen LogP contribution in [0.1, 0.15) is 15.9 Å². The number of nitrogen functional groups attached to an aromatic ring is 1. The van der Waals surface area contributed by atoms with Gasteiger partial charge in [-0.25, -0.2) is 0 Å². The van der Waals surface area contributed by atoms with Gasteiger partial charge in [0.05, 0.1) is 5.56 Å². The maximum absolute atomic E-state index is 12.1. The minimum atomic E-state index is -0.265. The Morgan fingerprint density at radius 3 is 2.68 bits per heavy atom. The van der Waals surface area contributed by atoms with E-state index in [-0.39, 0.29) is 5.91 Å². The maximum atomic E-state index is 12.1. The standard InChI is InChI=1S/C14H12BrClN2O/c1-8-2-4-10(7-12(8)16)18-14(19)11-6-9(15)3-5-13(11)17/h2-7H,17H2,1H3,(H,18,19).